The summed E-state index contributed by atoms with van der Waals surface area (Å²) in [5.74, 6) is 1.73. The smallest absolute Gasteiger partial charge is 0.255 e. The lowest BCUT2D eigenvalue weighted by molar-refractivity contribution is 0.101. The van der Waals surface area contributed by atoms with E-state index < -0.39 is 0 Å². The Kier molecular flexibility index (Phi) is 8.19. The highest BCUT2D eigenvalue weighted by Gasteiger charge is 2.11. The molecule has 8 nitrogen and oxygen atoms in total. The number of anilines is 2. The maximum atomic E-state index is 12.7. The Morgan fingerprint density at radius 2 is 0.738 bits per heavy atom. The molecule has 0 bridgehead atoms. The van der Waals surface area contributed by atoms with E-state index in [1.165, 1.54) is 0 Å². The van der Waals surface area contributed by atoms with E-state index in [1.807, 2.05) is 0 Å². The van der Waals surface area contributed by atoms with Crippen LogP contribution in [0, 0.1) is 22.7 Å². The van der Waals surface area contributed by atoms with Crippen LogP contribution in [0.2, 0.25) is 0 Å². The number of nitrogens with one attached hydrogen (secondary N) is 2. The van der Waals surface area contributed by atoms with Gasteiger partial charge in [-0.3, -0.25) is 9.59 Å². The lowest BCUT2D eigenvalue weighted by Gasteiger charge is -2.10. The molecule has 0 aliphatic carbocycles. The van der Waals surface area contributed by atoms with Gasteiger partial charge in [-0.15, -0.1) is 0 Å². The first-order valence-corrected chi connectivity index (χ1v) is 12.8. The minimum Gasteiger partial charge on any atom is -0.457 e. The number of benzene rings is 5. The number of nitriles is 2. The highest BCUT2D eigenvalue weighted by atomic mass is 16.5. The fourth-order valence-electron chi connectivity index (χ4n) is 3.86. The predicted molar refractivity (Wildman–Crippen MR) is 158 cm³/mol. The summed E-state index contributed by atoms with van der Waals surface area (Å²) in [4.78, 5) is 25.4. The van der Waals surface area contributed by atoms with Gasteiger partial charge in [0.05, 0.1) is 23.3 Å². The Bertz CT molecular complexity index is 1650. The van der Waals surface area contributed by atoms with Crippen LogP contribution >= 0.6 is 0 Å². The molecule has 202 valence electrons. The van der Waals surface area contributed by atoms with Gasteiger partial charge in [-0.1, -0.05) is 0 Å². The molecule has 2 amide bonds. The van der Waals surface area contributed by atoms with Gasteiger partial charge < -0.3 is 20.1 Å². The number of amides is 2. The molecule has 0 saturated carbocycles. The SMILES string of the molecule is N#Cc1ccc(Oc2ccc(NC(=O)c3ccc(C(=O)Nc4ccc(Oc5ccc(C#N)cc5)cc4)cc3)cc2)cc1. The maximum absolute atomic E-state index is 12.7. The molecule has 42 heavy (non-hydrogen) atoms. The first-order chi connectivity index (χ1) is 20.5. The van der Waals surface area contributed by atoms with E-state index in [-0.39, 0.29) is 11.8 Å². The maximum Gasteiger partial charge on any atom is 0.255 e. The zero-order chi connectivity index (χ0) is 29.3. The molecular weight excluding hydrogens is 528 g/mol. The molecule has 2 N–H and O–H groups in total. The number of carbonyl (C=O) groups is 2. The summed E-state index contributed by atoms with van der Waals surface area (Å²) in [6.07, 6.45) is 0. The van der Waals surface area contributed by atoms with Crippen LogP contribution in [0.15, 0.2) is 121 Å². The second kappa shape index (κ2) is 12.6. The fraction of sp³-hybridized carbons (Fsp3) is 0. The van der Waals surface area contributed by atoms with Crippen molar-refractivity contribution in [2.24, 2.45) is 0 Å². The minimum absolute atomic E-state index is 0.319. The zero-order valence-corrected chi connectivity index (χ0v) is 22.1. The number of hydrogen-bond donors (Lipinski definition) is 2. The summed E-state index contributed by atoms with van der Waals surface area (Å²) in [5.41, 5.74) is 3.06. The van der Waals surface area contributed by atoms with Crippen molar-refractivity contribution < 1.29 is 19.1 Å². The topological polar surface area (TPSA) is 124 Å². The second-order valence-corrected chi connectivity index (χ2v) is 9.01. The Labute approximate surface area is 242 Å². The highest BCUT2D eigenvalue weighted by Crippen LogP contribution is 2.25. The van der Waals surface area contributed by atoms with Crippen LogP contribution in [0.4, 0.5) is 11.4 Å². The van der Waals surface area contributed by atoms with E-state index in [0.29, 0.717) is 56.6 Å². The van der Waals surface area contributed by atoms with Gasteiger partial charge >= 0.3 is 0 Å². The van der Waals surface area contributed by atoms with Crippen LogP contribution in [-0.2, 0) is 0 Å². The van der Waals surface area contributed by atoms with Crippen LogP contribution in [0.5, 0.6) is 23.0 Å². The summed E-state index contributed by atoms with van der Waals surface area (Å²) in [6, 6.07) is 37.8. The van der Waals surface area contributed by atoms with Crippen LogP contribution in [0.1, 0.15) is 31.8 Å². The highest BCUT2D eigenvalue weighted by molar-refractivity contribution is 6.07. The van der Waals surface area contributed by atoms with Gasteiger partial charge in [-0.25, -0.2) is 0 Å². The number of ether oxygens (including phenoxy) is 2. The summed E-state index contributed by atoms with van der Waals surface area (Å²) >= 11 is 0. The van der Waals surface area contributed by atoms with Crippen LogP contribution in [0.25, 0.3) is 0 Å². The molecule has 0 heterocycles. The zero-order valence-electron chi connectivity index (χ0n) is 22.1. The minimum atomic E-state index is -0.319. The van der Waals surface area contributed by atoms with Crippen molar-refractivity contribution in [1.82, 2.24) is 0 Å². The van der Waals surface area contributed by atoms with Crippen molar-refractivity contribution in [2.45, 2.75) is 0 Å². The van der Waals surface area contributed by atoms with Gasteiger partial charge in [0, 0.05) is 22.5 Å². The monoisotopic (exact) mass is 550 g/mol. The van der Waals surface area contributed by atoms with Crippen LogP contribution in [0.3, 0.4) is 0 Å². The number of hydrogen-bond acceptors (Lipinski definition) is 6. The molecule has 0 saturated heterocycles. The summed E-state index contributed by atoms with van der Waals surface area (Å²) < 4.78 is 11.5. The lowest BCUT2D eigenvalue weighted by Crippen LogP contribution is -2.14. The van der Waals surface area contributed by atoms with Gasteiger partial charge in [0.1, 0.15) is 23.0 Å². The van der Waals surface area contributed by atoms with E-state index in [1.54, 1.807) is 121 Å². The van der Waals surface area contributed by atoms with E-state index >= 15 is 0 Å². The second-order valence-electron chi connectivity index (χ2n) is 9.01. The first kappa shape index (κ1) is 27.2. The van der Waals surface area contributed by atoms with Crippen molar-refractivity contribution >= 4 is 23.2 Å². The van der Waals surface area contributed by atoms with E-state index in [9.17, 15) is 9.59 Å². The van der Waals surface area contributed by atoms with Crippen molar-refractivity contribution in [1.29, 1.82) is 10.5 Å². The van der Waals surface area contributed by atoms with Crippen LogP contribution < -0.4 is 20.1 Å². The summed E-state index contributed by atoms with van der Waals surface area (Å²) in [7, 11) is 0. The average Bonchev–Trinajstić information content (AvgIpc) is 3.03. The Morgan fingerprint density at radius 1 is 0.452 bits per heavy atom. The molecule has 0 spiro atoms. The molecule has 5 rings (SSSR count). The molecule has 5 aromatic rings. The van der Waals surface area contributed by atoms with Gasteiger partial charge in [0.15, 0.2) is 0 Å². The molecule has 0 radical (unpaired) electrons. The normalized spacial score (nSPS) is 10.0. The number of rotatable bonds is 8. The molecule has 0 atom stereocenters. The van der Waals surface area contributed by atoms with Crippen molar-refractivity contribution in [3.63, 3.8) is 0 Å². The Balaban J connectivity index is 1.13. The van der Waals surface area contributed by atoms with Gasteiger partial charge in [0.25, 0.3) is 11.8 Å². The Hall–Kier alpha value is -6.38. The summed E-state index contributed by atoms with van der Waals surface area (Å²) in [6.45, 7) is 0. The van der Waals surface area contributed by atoms with Gasteiger partial charge in [0.2, 0.25) is 0 Å². The lowest BCUT2D eigenvalue weighted by atomic mass is 10.1. The standard InChI is InChI=1S/C34H22N4O4/c35-21-23-1-13-29(14-2-23)41-31-17-9-27(10-18-31)37-33(39)25-5-7-26(8-6-25)34(40)38-28-11-19-32(20-12-28)42-30-15-3-24(22-36)4-16-30/h1-20H,(H,37,39)(H,38,40). The first-order valence-electron chi connectivity index (χ1n) is 12.8. The molecule has 0 aliphatic rings. The molecular formula is C34H22N4O4. The van der Waals surface area contributed by atoms with E-state index in [2.05, 4.69) is 22.8 Å². The van der Waals surface area contributed by atoms with E-state index in [4.69, 9.17) is 20.0 Å². The molecule has 0 fully saturated rings. The summed E-state index contributed by atoms with van der Waals surface area (Å²) in [5, 5.41) is 23.4. The van der Waals surface area contributed by atoms with E-state index in [0.717, 1.165) is 0 Å². The average molecular weight is 551 g/mol. The third-order valence-corrected chi connectivity index (χ3v) is 6.07. The van der Waals surface area contributed by atoms with Crippen molar-refractivity contribution in [2.75, 3.05) is 10.6 Å². The van der Waals surface area contributed by atoms with Gasteiger partial charge in [-0.2, -0.15) is 10.5 Å². The molecule has 0 aliphatic heterocycles. The molecule has 0 aromatic heterocycles. The molecule has 8 heteroatoms. The predicted octanol–water partition coefficient (Wildman–Crippen LogP) is 7.52. The Morgan fingerprint density at radius 3 is 1.02 bits per heavy atom. The number of nitrogens with zero attached hydrogens (tertiary/aromatic N) is 2. The van der Waals surface area contributed by atoms with Crippen molar-refractivity contribution in [3.05, 3.63) is 144 Å². The van der Waals surface area contributed by atoms with Crippen molar-refractivity contribution in [3.8, 4) is 35.1 Å². The molecule has 5 aromatic carbocycles. The third kappa shape index (κ3) is 6.97. The third-order valence-electron chi connectivity index (χ3n) is 6.07. The number of carbonyl (C=O) groups excluding carboxylic acids is 2. The largest absolute Gasteiger partial charge is 0.457 e. The van der Waals surface area contributed by atoms with Gasteiger partial charge in [-0.05, 0) is 121 Å². The van der Waals surface area contributed by atoms with Crippen LogP contribution in [-0.4, -0.2) is 11.8 Å². The quantitative estimate of drug-likeness (QED) is 0.206. The molecule has 0 unspecified atom stereocenters. The fourth-order valence-corrected chi connectivity index (χ4v) is 3.86.